The average molecular weight is 231 g/mol. The normalized spacial score (nSPS) is 12.6. The average Bonchev–Trinajstić information content (AvgIpc) is 2.28. The second-order valence-electron chi connectivity index (χ2n) is 3.83. The van der Waals surface area contributed by atoms with Gasteiger partial charge in [-0.2, -0.15) is 0 Å². The van der Waals surface area contributed by atoms with E-state index in [1.165, 1.54) is 0 Å². The maximum absolute atomic E-state index is 11.1. The maximum Gasteiger partial charge on any atom is 0.407 e. The number of carbonyl (C=O) groups is 1. The van der Waals surface area contributed by atoms with E-state index in [1.807, 2.05) is 7.05 Å². The van der Waals surface area contributed by atoms with Crippen molar-refractivity contribution in [2.75, 3.05) is 33.8 Å². The van der Waals surface area contributed by atoms with Crippen LogP contribution in [-0.4, -0.2) is 50.9 Å². The molecule has 5 nitrogen and oxygen atoms in total. The summed E-state index contributed by atoms with van der Waals surface area (Å²) in [5.41, 5.74) is 0. The molecule has 0 rings (SSSR count). The fourth-order valence-electron chi connectivity index (χ4n) is 1.35. The number of nitrogens with one attached hydrogen (secondary N) is 1. The summed E-state index contributed by atoms with van der Waals surface area (Å²) in [6.45, 7) is 3.61. The zero-order valence-corrected chi connectivity index (χ0v) is 10.5. The predicted octanol–water partition coefficient (Wildman–Crippen LogP) is 1.26. The number of amides is 1. The van der Waals surface area contributed by atoms with E-state index in [0.717, 1.165) is 19.4 Å². The molecule has 0 saturated carbocycles. The smallest absolute Gasteiger partial charge is 0.407 e. The van der Waals surface area contributed by atoms with Gasteiger partial charge in [-0.25, -0.2) is 9.90 Å². The molecule has 1 amide bonds. The van der Waals surface area contributed by atoms with Gasteiger partial charge in [0.05, 0.1) is 6.61 Å². The number of hydrogen-bond acceptors (Lipinski definition) is 3. The minimum Gasteiger partial charge on any atom is -0.445 e. The van der Waals surface area contributed by atoms with E-state index in [1.54, 1.807) is 7.05 Å². The van der Waals surface area contributed by atoms with Crippen molar-refractivity contribution in [3.05, 3.63) is 0 Å². The summed E-state index contributed by atoms with van der Waals surface area (Å²) in [5, 5.41) is 12.8. The standard InChI is InChI=1S/C11H23N2O3/c1-4-13(3)9-10(7-5-6-8-14)16-11(15)12-2/h10H,4-9H2,1-3H3,(H,12,15). The minimum atomic E-state index is -0.406. The number of nitrogens with zero attached hydrogens (tertiary/aromatic N) is 1. The first-order valence-corrected chi connectivity index (χ1v) is 5.79. The molecule has 0 aromatic rings. The van der Waals surface area contributed by atoms with E-state index in [0.29, 0.717) is 13.0 Å². The summed E-state index contributed by atoms with van der Waals surface area (Å²) in [4.78, 5) is 13.2. The summed E-state index contributed by atoms with van der Waals surface area (Å²) < 4.78 is 5.22. The van der Waals surface area contributed by atoms with Crippen LogP contribution >= 0.6 is 0 Å². The third kappa shape index (κ3) is 7.48. The van der Waals surface area contributed by atoms with Crippen LogP contribution in [0.2, 0.25) is 0 Å². The summed E-state index contributed by atoms with van der Waals surface area (Å²) in [6, 6.07) is 0. The zero-order valence-electron chi connectivity index (χ0n) is 10.5. The van der Waals surface area contributed by atoms with E-state index < -0.39 is 6.09 Å². The molecule has 0 spiro atoms. The molecule has 1 N–H and O–H groups in total. The first-order chi connectivity index (χ1) is 7.63. The van der Waals surface area contributed by atoms with Gasteiger partial charge < -0.3 is 15.0 Å². The summed E-state index contributed by atoms with van der Waals surface area (Å²) in [5.74, 6) is 0. The quantitative estimate of drug-likeness (QED) is 0.640. The van der Waals surface area contributed by atoms with E-state index in [9.17, 15) is 9.90 Å². The van der Waals surface area contributed by atoms with Crippen LogP contribution in [0.4, 0.5) is 4.79 Å². The Morgan fingerprint density at radius 2 is 2.12 bits per heavy atom. The fraction of sp³-hybridized carbons (Fsp3) is 0.909. The Morgan fingerprint density at radius 3 is 2.62 bits per heavy atom. The van der Waals surface area contributed by atoms with Crippen molar-refractivity contribution in [1.82, 2.24) is 10.2 Å². The highest BCUT2D eigenvalue weighted by Gasteiger charge is 2.14. The van der Waals surface area contributed by atoms with Crippen LogP contribution in [0.3, 0.4) is 0 Å². The van der Waals surface area contributed by atoms with Crippen molar-refractivity contribution in [2.45, 2.75) is 32.3 Å². The Bertz CT molecular complexity index is 188. The maximum atomic E-state index is 11.1. The number of unbranched alkanes of at least 4 members (excludes halogenated alkanes) is 1. The van der Waals surface area contributed by atoms with Crippen LogP contribution in [0.5, 0.6) is 0 Å². The molecular formula is C11H23N2O3. The highest BCUT2D eigenvalue weighted by Crippen LogP contribution is 2.07. The van der Waals surface area contributed by atoms with Gasteiger partial charge in [-0.05, 0) is 32.9 Å². The molecule has 1 unspecified atom stereocenters. The highest BCUT2D eigenvalue weighted by molar-refractivity contribution is 5.66. The van der Waals surface area contributed by atoms with Crippen molar-refractivity contribution in [3.63, 3.8) is 0 Å². The Kier molecular flexibility index (Phi) is 8.94. The lowest BCUT2D eigenvalue weighted by Crippen LogP contribution is -2.35. The van der Waals surface area contributed by atoms with E-state index in [-0.39, 0.29) is 12.7 Å². The summed E-state index contributed by atoms with van der Waals surface area (Å²) >= 11 is 0. The number of carbonyl (C=O) groups excluding carboxylic acids is 1. The number of rotatable bonds is 8. The van der Waals surface area contributed by atoms with Gasteiger partial charge in [-0.1, -0.05) is 6.92 Å². The summed E-state index contributed by atoms with van der Waals surface area (Å²) in [7, 11) is 3.52. The Labute approximate surface area is 97.8 Å². The molecular weight excluding hydrogens is 208 g/mol. The highest BCUT2D eigenvalue weighted by atomic mass is 16.6. The van der Waals surface area contributed by atoms with Crippen molar-refractivity contribution in [2.24, 2.45) is 0 Å². The van der Waals surface area contributed by atoms with Crippen LogP contribution in [0, 0.1) is 0 Å². The molecule has 0 fully saturated rings. The molecule has 16 heavy (non-hydrogen) atoms. The molecule has 0 heterocycles. The predicted molar refractivity (Wildman–Crippen MR) is 61.9 cm³/mol. The molecule has 0 bridgehead atoms. The fourth-order valence-corrected chi connectivity index (χ4v) is 1.35. The molecule has 5 heteroatoms. The Morgan fingerprint density at radius 1 is 1.44 bits per heavy atom. The van der Waals surface area contributed by atoms with Gasteiger partial charge in [0.15, 0.2) is 0 Å². The van der Waals surface area contributed by atoms with Crippen molar-refractivity contribution in [1.29, 1.82) is 0 Å². The minimum absolute atomic E-state index is 0.0592. The van der Waals surface area contributed by atoms with E-state index in [2.05, 4.69) is 17.1 Å². The van der Waals surface area contributed by atoms with Crippen LogP contribution < -0.4 is 5.32 Å². The second kappa shape index (κ2) is 9.42. The lowest BCUT2D eigenvalue weighted by atomic mass is 10.1. The monoisotopic (exact) mass is 231 g/mol. The largest absolute Gasteiger partial charge is 0.445 e. The number of hydrogen-bond donors (Lipinski definition) is 1. The molecule has 0 aliphatic rings. The van der Waals surface area contributed by atoms with Gasteiger partial charge in [0.25, 0.3) is 0 Å². The first kappa shape index (κ1) is 15.2. The topological polar surface area (TPSA) is 61.5 Å². The van der Waals surface area contributed by atoms with Crippen LogP contribution in [0.15, 0.2) is 0 Å². The third-order valence-electron chi connectivity index (χ3n) is 2.45. The van der Waals surface area contributed by atoms with Crippen molar-refractivity contribution in [3.8, 4) is 0 Å². The van der Waals surface area contributed by atoms with Crippen molar-refractivity contribution >= 4 is 6.09 Å². The third-order valence-corrected chi connectivity index (χ3v) is 2.45. The Balaban J connectivity index is 3.99. The van der Waals surface area contributed by atoms with Crippen LogP contribution in [-0.2, 0) is 9.84 Å². The van der Waals surface area contributed by atoms with Crippen molar-refractivity contribution < 1.29 is 14.6 Å². The molecule has 0 aliphatic heterocycles. The molecule has 1 atom stereocenters. The molecule has 0 aromatic heterocycles. The van der Waals surface area contributed by atoms with E-state index in [4.69, 9.17) is 4.74 Å². The molecule has 0 aliphatic carbocycles. The van der Waals surface area contributed by atoms with Gasteiger partial charge >= 0.3 is 6.09 Å². The lowest BCUT2D eigenvalue weighted by molar-refractivity contribution is 0.0702. The first-order valence-electron chi connectivity index (χ1n) is 5.79. The van der Waals surface area contributed by atoms with Gasteiger partial charge in [-0.3, -0.25) is 0 Å². The van der Waals surface area contributed by atoms with Gasteiger partial charge in [0.1, 0.15) is 6.10 Å². The number of alkyl carbamates (subject to hydrolysis) is 1. The van der Waals surface area contributed by atoms with Gasteiger partial charge in [-0.15, -0.1) is 0 Å². The number of ether oxygens (including phenoxy) is 1. The molecule has 1 radical (unpaired) electrons. The van der Waals surface area contributed by atoms with Crippen LogP contribution in [0.25, 0.3) is 0 Å². The second-order valence-corrected chi connectivity index (χ2v) is 3.83. The molecule has 0 aromatic carbocycles. The lowest BCUT2D eigenvalue weighted by Gasteiger charge is -2.22. The molecule has 95 valence electrons. The molecule has 0 saturated heterocycles. The number of likely N-dealkylation sites (N-methyl/N-ethyl adjacent to an activating group) is 1. The van der Waals surface area contributed by atoms with Crippen LogP contribution in [0.1, 0.15) is 26.2 Å². The Hall–Kier alpha value is -0.810. The zero-order chi connectivity index (χ0) is 12.4. The SMILES string of the molecule is CCN(C)CC(CCCC[O])OC(=O)NC. The van der Waals surface area contributed by atoms with Gasteiger partial charge in [0, 0.05) is 13.6 Å². The van der Waals surface area contributed by atoms with Gasteiger partial charge in [0.2, 0.25) is 0 Å². The van der Waals surface area contributed by atoms with E-state index >= 15 is 0 Å². The summed E-state index contributed by atoms with van der Waals surface area (Å²) in [6.07, 6.45) is 1.67.